The topological polar surface area (TPSA) is 84.5 Å². The molecule has 2 aromatic carbocycles. The number of nitrogens with one attached hydrogen (secondary N) is 2. The van der Waals surface area contributed by atoms with E-state index in [9.17, 15) is 13.2 Å². The molecule has 2 N–H and O–H groups in total. The van der Waals surface area contributed by atoms with E-state index < -0.39 is 15.9 Å². The maximum atomic E-state index is 11.7. The van der Waals surface area contributed by atoms with Crippen LogP contribution >= 0.6 is 0 Å². The van der Waals surface area contributed by atoms with E-state index in [1.54, 1.807) is 18.2 Å². The molecule has 1 amide bonds. The zero-order valence-corrected chi connectivity index (χ0v) is 13.9. The van der Waals surface area contributed by atoms with E-state index in [0.29, 0.717) is 5.56 Å². The standard InChI is InChI=1S/C17H18N2O4S/c1-18-24(21,22)16-10-7-14(8-11-16)9-12-17(20)19-23-13-15-5-3-2-4-6-15/h2-12,18H,13H2,1H3,(H,19,20). The van der Waals surface area contributed by atoms with Crippen LogP contribution in [0.4, 0.5) is 0 Å². The van der Waals surface area contributed by atoms with Crippen LogP contribution in [-0.2, 0) is 26.3 Å². The predicted molar refractivity (Wildman–Crippen MR) is 91.1 cm³/mol. The van der Waals surface area contributed by atoms with Gasteiger partial charge in [-0.15, -0.1) is 0 Å². The number of sulfonamides is 1. The molecule has 0 aromatic heterocycles. The first-order chi connectivity index (χ1) is 11.5. The number of carbonyl (C=O) groups excluding carboxylic acids is 1. The Morgan fingerprint density at radius 1 is 1.08 bits per heavy atom. The van der Waals surface area contributed by atoms with Crippen LogP contribution in [0.3, 0.4) is 0 Å². The van der Waals surface area contributed by atoms with Crippen LogP contribution in [0, 0.1) is 0 Å². The van der Waals surface area contributed by atoms with E-state index in [2.05, 4.69) is 10.2 Å². The van der Waals surface area contributed by atoms with Crippen molar-refractivity contribution >= 4 is 22.0 Å². The lowest BCUT2D eigenvalue weighted by Gasteiger charge is -2.04. The van der Waals surface area contributed by atoms with E-state index in [4.69, 9.17) is 4.84 Å². The van der Waals surface area contributed by atoms with Crippen molar-refractivity contribution in [3.05, 3.63) is 71.8 Å². The molecule has 2 aromatic rings. The number of hydroxylamine groups is 1. The van der Waals surface area contributed by atoms with Crippen molar-refractivity contribution < 1.29 is 18.0 Å². The first kappa shape index (κ1) is 17.9. The molecule has 0 atom stereocenters. The molecule has 24 heavy (non-hydrogen) atoms. The number of benzene rings is 2. The maximum Gasteiger partial charge on any atom is 0.267 e. The minimum Gasteiger partial charge on any atom is -0.269 e. The first-order valence-electron chi connectivity index (χ1n) is 7.18. The Bertz CT molecular complexity index is 800. The van der Waals surface area contributed by atoms with Crippen LogP contribution in [0.15, 0.2) is 65.6 Å². The summed E-state index contributed by atoms with van der Waals surface area (Å²) in [4.78, 5) is 16.9. The first-order valence-corrected chi connectivity index (χ1v) is 8.67. The molecule has 0 aliphatic rings. The molecule has 0 aliphatic carbocycles. The van der Waals surface area contributed by atoms with Crippen LogP contribution in [0.5, 0.6) is 0 Å². The average Bonchev–Trinajstić information content (AvgIpc) is 2.61. The van der Waals surface area contributed by atoms with Crippen molar-refractivity contribution in [2.75, 3.05) is 7.05 Å². The molecule has 0 radical (unpaired) electrons. The lowest BCUT2D eigenvalue weighted by Crippen LogP contribution is -2.21. The zero-order chi connectivity index (χ0) is 17.4. The van der Waals surface area contributed by atoms with Gasteiger partial charge in [-0.3, -0.25) is 9.63 Å². The Kier molecular flexibility index (Phi) is 6.25. The highest BCUT2D eigenvalue weighted by molar-refractivity contribution is 7.89. The SMILES string of the molecule is CNS(=O)(=O)c1ccc(C=CC(=O)NOCc2ccccc2)cc1. The third-order valence-corrected chi connectivity index (χ3v) is 4.57. The third kappa shape index (κ3) is 5.31. The fraction of sp³-hybridized carbons (Fsp3) is 0.118. The summed E-state index contributed by atoms with van der Waals surface area (Å²) in [5.41, 5.74) is 3.96. The van der Waals surface area contributed by atoms with Gasteiger partial charge in [0.2, 0.25) is 10.0 Å². The normalized spacial score (nSPS) is 11.5. The second-order valence-corrected chi connectivity index (χ2v) is 6.74. The van der Waals surface area contributed by atoms with Crippen molar-refractivity contribution in [2.45, 2.75) is 11.5 Å². The molecule has 0 heterocycles. The van der Waals surface area contributed by atoms with Gasteiger partial charge >= 0.3 is 0 Å². The summed E-state index contributed by atoms with van der Waals surface area (Å²) in [6.45, 7) is 0.275. The lowest BCUT2D eigenvalue weighted by molar-refractivity contribution is -0.129. The minimum atomic E-state index is -3.46. The summed E-state index contributed by atoms with van der Waals surface area (Å²) in [7, 11) is -2.11. The molecule has 0 bridgehead atoms. The summed E-state index contributed by atoms with van der Waals surface area (Å²) in [6.07, 6.45) is 2.88. The summed E-state index contributed by atoms with van der Waals surface area (Å²) < 4.78 is 25.4. The van der Waals surface area contributed by atoms with Crippen molar-refractivity contribution in [3.63, 3.8) is 0 Å². The van der Waals surface area contributed by atoms with Crippen molar-refractivity contribution in [3.8, 4) is 0 Å². The average molecular weight is 346 g/mol. The molecule has 6 nitrogen and oxygen atoms in total. The second kappa shape index (κ2) is 8.39. The van der Waals surface area contributed by atoms with Crippen LogP contribution in [0.1, 0.15) is 11.1 Å². The molecule has 0 saturated heterocycles. The quantitative estimate of drug-likeness (QED) is 0.592. The van der Waals surface area contributed by atoms with E-state index >= 15 is 0 Å². The van der Waals surface area contributed by atoms with E-state index in [1.165, 1.54) is 25.3 Å². The van der Waals surface area contributed by atoms with Gasteiger partial charge in [0, 0.05) is 6.08 Å². The summed E-state index contributed by atoms with van der Waals surface area (Å²) in [5, 5.41) is 0. The fourth-order valence-electron chi connectivity index (χ4n) is 1.85. The van der Waals surface area contributed by atoms with Crippen molar-refractivity contribution in [1.82, 2.24) is 10.2 Å². The van der Waals surface area contributed by atoms with Crippen molar-refractivity contribution in [2.24, 2.45) is 0 Å². The number of hydrogen-bond donors (Lipinski definition) is 2. The van der Waals surface area contributed by atoms with Gasteiger partial charge in [0.25, 0.3) is 5.91 Å². The number of hydrogen-bond acceptors (Lipinski definition) is 4. The minimum absolute atomic E-state index is 0.165. The number of rotatable bonds is 7. The third-order valence-electron chi connectivity index (χ3n) is 3.14. The monoisotopic (exact) mass is 346 g/mol. The molecule has 7 heteroatoms. The van der Waals surface area contributed by atoms with E-state index in [1.807, 2.05) is 30.3 Å². The summed E-state index contributed by atoms with van der Waals surface area (Å²) in [6, 6.07) is 15.6. The fourth-order valence-corrected chi connectivity index (χ4v) is 2.58. The number of amides is 1. The van der Waals surface area contributed by atoms with Gasteiger partial charge in [-0.2, -0.15) is 0 Å². The Hall–Kier alpha value is -2.48. The van der Waals surface area contributed by atoms with Gasteiger partial charge in [0.05, 0.1) is 11.5 Å². The van der Waals surface area contributed by atoms with Gasteiger partial charge < -0.3 is 0 Å². The predicted octanol–water partition coefficient (Wildman–Crippen LogP) is 1.86. The lowest BCUT2D eigenvalue weighted by atomic mass is 10.2. The Morgan fingerprint density at radius 3 is 2.38 bits per heavy atom. The Balaban J connectivity index is 1.85. The summed E-state index contributed by atoms with van der Waals surface area (Å²) in [5.74, 6) is -0.405. The molecular weight excluding hydrogens is 328 g/mol. The van der Waals surface area contributed by atoms with Gasteiger partial charge in [-0.1, -0.05) is 42.5 Å². The smallest absolute Gasteiger partial charge is 0.267 e. The Morgan fingerprint density at radius 2 is 1.75 bits per heavy atom. The van der Waals surface area contributed by atoms with Gasteiger partial charge in [-0.25, -0.2) is 18.6 Å². The molecule has 0 unspecified atom stereocenters. The summed E-state index contributed by atoms with van der Waals surface area (Å²) >= 11 is 0. The number of carbonyl (C=O) groups is 1. The highest BCUT2D eigenvalue weighted by Gasteiger charge is 2.09. The largest absolute Gasteiger partial charge is 0.269 e. The van der Waals surface area contributed by atoms with Crippen LogP contribution in [0.2, 0.25) is 0 Å². The van der Waals surface area contributed by atoms with Crippen LogP contribution in [0.25, 0.3) is 6.08 Å². The molecule has 0 fully saturated rings. The molecular formula is C17H18N2O4S. The maximum absolute atomic E-state index is 11.7. The zero-order valence-electron chi connectivity index (χ0n) is 13.1. The second-order valence-electron chi connectivity index (χ2n) is 4.85. The molecule has 0 spiro atoms. The van der Waals surface area contributed by atoms with Crippen LogP contribution in [-0.4, -0.2) is 21.4 Å². The van der Waals surface area contributed by atoms with Gasteiger partial charge in [0.15, 0.2) is 0 Å². The molecule has 0 aliphatic heterocycles. The highest BCUT2D eigenvalue weighted by atomic mass is 32.2. The Labute approximate surface area is 141 Å². The van der Waals surface area contributed by atoms with E-state index in [0.717, 1.165) is 5.56 Å². The molecule has 126 valence electrons. The van der Waals surface area contributed by atoms with Gasteiger partial charge in [0.1, 0.15) is 0 Å². The molecule has 2 rings (SSSR count). The van der Waals surface area contributed by atoms with Gasteiger partial charge in [-0.05, 0) is 36.4 Å². The molecule has 0 saturated carbocycles. The van der Waals surface area contributed by atoms with E-state index in [-0.39, 0.29) is 11.5 Å². The highest BCUT2D eigenvalue weighted by Crippen LogP contribution is 2.11. The van der Waals surface area contributed by atoms with Crippen LogP contribution < -0.4 is 10.2 Å². The van der Waals surface area contributed by atoms with Crippen molar-refractivity contribution in [1.29, 1.82) is 0 Å².